The molecule has 1 saturated carbocycles. The first kappa shape index (κ1) is 10.1. The lowest BCUT2D eigenvalue weighted by Gasteiger charge is -2.39. The molecule has 1 rings (SSSR count). The molecule has 1 fully saturated rings. The van der Waals surface area contributed by atoms with Crippen molar-refractivity contribution >= 4 is 0 Å². The van der Waals surface area contributed by atoms with Crippen molar-refractivity contribution in [1.82, 2.24) is 0 Å². The molecule has 0 heteroatoms. The van der Waals surface area contributed by atoms with Crippen molar-refractivity contribution in [2.75, 3.05) is 0 Å². The molecule has 0 bridgehead atoms. The van der Waals surface area contributed by atoms with Crippen molar-refractivity contribution in [3.8, 4) is 0 Å². The van der Waals surface area contributed by atoms with Gasteiger partial charge in [0.1, 0.15) is 0 Å². The first-order valence-corrected chi connectivity index (χ1v) is 5.41. The van der Waals surface area contributed by atoms with Gasteiger partial charge in [-0.15, -0.1) is 0 Å². The van der Waals surface area contributed by atoms with Crippen LogP contribution >= 0.6 is 0 Å². The van der Waals surface area contributed by atoms with E-state index in [1.165, 1.54) is 19.3 Å². The molecule has 0 spiro atoms. The summed E-state index contributed by atoms with van der Waals surface area (Å²) in [5.74, 6) is 2.93. The van der Waals surface area contributed by atoms with Gasteiger partial charge >= 0.3 is 0 Å². The van der Waals surface area contributed by atoms with Crippen LogP contribution in [0.3, 0.4) is 0 Å². The molecule has 3 unspecified atom stereocenters. The lowest BCUT2D eigenvalue weighted by Crippen LogP contribution is -2.29. The van der Waals surface area contributed by atoms with Crippen LogP contribution in [0, 0.1) is 23.2 Å². The Morgan fingerprint density at radius 2 is 1.83 bits per heavy atom. The monoisotopic (exact) mass is 168 g/mol. The van der Waals surface area contributed by atoms with E-state index in [1.54, 1.807) is 0 Å². The number of hydrogen-bond donors (Lipinski definition) is 0. The maximum Gasteiger partial charge on any atom is -0.0357 e. The van der Waals surface area contributed by atoms with E-state index < -0.39 is 0 Å². The SMILES string of the molecule is CC1CCC1CC(C)C(C)(C)C. The minimum atomic E-state index is 0.509. The summed E-state index contributed by atoms with van der Waals surface area (Å²) in [6, 6.07) is 0. The van der Waals surface area contributed by atoms with Crippen molar-refractivity contribution in [1.29, 1.82) is 0 Å². The average Bonchev–Trinajstić information content (AvgIpc) is 1.95. The molecule has 3 atom stereocenters. The molecule has 12 heavy (non-hydrogen) atoms. The molecule has 0 radical (unpaired) electrons. The molecule has 0 aromatic carbocycles. The van der Waals surface area contributed by atoms with Crippen molar-refractivity contribution in [3.05, 3.63) is 0 Å². The van der Waals surface area contributed by atoms with Crippen LogP contribution in [-0.2, 0) is 0 Å². The van der Waals surface area contributed by atoms with Gasteiger partial charge in [-0.1, -0.05) is 41.0 Å². The topological polar surface area (TPSA) is 0 Å². The Morgan fingerprint density at radius 1 is 1.25 bits per heavy atom. The van der Waals surface area contributed by atoms with Crippen LogP contribution in [-0.4, -0.2) is 0 Å². The summed E-state index contributed by atoms with van der Waals surface area (Å²) in [4.78, 5) is 0. The quantitative estimate of drug-likeness (QED) is 0.582. The Bertz CT molecular complexity index is 141. The van der Waals surface area contributed by atoms with E-state index in [9.17, 15) is 0 Å². The van der Waals surface area contributed by atoms with Gasteiger partial charge in [0.15, 0.2) is 0 Å². The van der Waals surface area contributed by atoms with Crippen molar-refractivity contribution in [2.45, 2.75) is 53.9 Å². The van der Waals surface area contributed by atoms with E-state index in [1.807, 2.05) is 0 Å². The molecule has 0 N–H and O–H groups in total. The molecule has 0 saturated heterocycles. The third kappa shape index (κ3) is 2.24. The molecule has 0 amide bonds. The van der Waals surface area contributed by atoms with E-state index in [0.29, 0.717) is 5.41 Å². The normalized spacial score (nSPS) is 32.8. The van der Waals surface area contributed by atoms with Crippen LogP contribution in [0.1, 0.15) is 53.9 Å². The second kappa shape index (κ2) is 3.40. The molecule has 1 aliphatic rings. The van der Waals surface area contributed by atoms with Gasteiger partial charge in [-0.3, -0.25) is 0 Å². The highest BCUT2D eigenvalue weighted by atomic mass is 14.4. The fourth-order valence-corrected chi connectivity index (χ4v) is 1.89. The third-order valence-electron chi connectivity index (χ3n) is 3.93. The molecule has 0 aromatic heterocycles. The molecule has 0 heterocycles. The van der Waals surface area contributed by atoms with Gasteiger partial charge in [-0.2, -0.15) is 0 Å². The zero-order valence-corrected chi connectivity index (χ0v) is 9.35. The first-order chi connectivity index (χ1) is 5.41. The summed E-state index contributed by atoms with van der Waals surface area (Å²) in [7, 11) is 0. The summed E-state index contributed by atoms with van der Waals surface area (Å²) >= 11 is 0. The summed E-state index contributed by atoms with van der Waals surface area (Å²) in [6.07, 6.45) is 4.41. The maximum atomic E-state index is 2.41. The average molecular weight is 168 g/mol. The molecule has 0 aliphatic heterocycles. The zero-order valence-electron chi connectivity index (χ0n) is 9.35. The Balaban J connectivity index is 2.31. The van der Waals surface area contributed by atoms with Gasteiger partial charge in [0.05, 0.1) is 0 Å². The predicted molar refractivity (Wildman–Crippen MR) is 55.1 cm³/mol. The second-order valence-corrected chi connectivity index (χ2v) is 5.82. The Hall–Kier alpha value is 0. The van der Waals surface area contributed by atoms with E-state index in [-0.39, 0.29) is 0 Å². The summed E-state index contributed by atoms with van der Waals surface area (Å²) < 4.78 is 0. The van der Waals surface area contributed by atoms with Crippen molar-refractivity contribution in [2.24, 2.45) is 23.2 Å². The van der Waals surface area contributed by atoms with E-state index in [0.717, 1.165) is 17.8 Å². The molecule has 0 aromatic rings. The standard InChI is InChI=1S/C12H24/c1-9-6-7-11(9)8-10(2)12(3,4)5/h9-11H,6-8H2,1-5H3. The van der Waals surface area contributed by atoms with Gasteiger partial charge in [0, 0.05) is 0 Å². The van der Waals surface area contributed by atoms with Crippen molar-refractivity contribution < 1.29 is 0 Å². The lowest BCUT2D eigenvalue weighted by molar-refractivity contribution is 0.118. The van der Waals surface area contributed by atoms with Crippen molar-refractivity contribution in [3.63, 3.8) is 0 Å². The number of hydrogen-bond acceptors (Lipinski definition) is 0. The van der Waals surface area contributed by atoms with Gasteiger partial charge in [0.2, 0.25) is 0 Å². The van der Waals surface area contributed by atoms with Crippen LogP contribution in [0.5, 0.6) is 0 Å². The maximum absolute atomic E-state index is 2.41. The molecule has 72 valence electrons. The van der Waals surface area contributed by atoms with Gasteiger partial charge in [-0.05, 0) is 36.0 Å². The minimum absolute atomic E-state index is 0.509. The van der Waals surface area contributed by atoms with Gasteiger partial charge in [-0.25, -0.2) is 0 Å². The van der Waals surface area contributed by atoms with E-state index in [4.69, 9.17) is 0 Å². The zero-order chi connectivity index (χ0) is 9.35. The fraction of sp³-hybridized carbons (Fsp3) is 1.00. The molecule has 0 nitrogen and oxygen atoms in total. The highest BCUT2D eigenvalue weighted by Crippen LogP contribution is 2.41. The largest absolute Gasteiger partial charge is 0.0622 e. The van der Waals surface area contributed by atoms with Gasteiger partial charge < -0.3 is 0 Å². The second-order valence-electron chi connectivity index (χ2n) is 5.82. The fourth-order valence-electron chi connectivity index (χ4n) is 1.89. The number of rotatable bonds is 2. The van der Waals surface area contributed by atoms with Crippen LogP contribution in [0.25, 0.3) is 0 Å². The van der Waals surface area contributed by atoms with Gasteiger partial charge in [0.25, 0.3) is 0 Å². The van der Waals surface area contributed by atoms with Crippen LogP contribution in [0.4, 0.5) is 0 Å². The minimum Gasteiger partial charge on any atom is -0.0622 e. The lowest BCUT2D eigenvalue weighted by atomic mass is 9.67. The van der Waals surface area contributed by atoms with Crippen LogP contribution in [0.2, 0.25) is 0 Å². The van der Waals surface area contributed by atoms with E-state index >= 15 is 0 Å². The molecule has 1 aliphatic carbocycles. The Morgan fingerprint density at radius 3 is 2.08 bits per heavy atom. The predicted octanol–water partition coefficient (Wildman–Crippen LogP) is 4.10. The first-order valence-electron chi connectivity index (χ1n) is 5.41. The van der Waals surface area contributed by atoms with Crippen LogP contribution < -0.4 is 0 Å². The highest BCUT2D eigenvalue weighted by Gasteiger charge is 2.31. The van der Waals surface area contributed by atoms with E-state index in [2.05, 4.69) is 34.6 Å². The summed E-state index contributed by atoms with van der Waals surface area (Å²) in [5.41, 5.74) is 0.509. The highest BCUT2D eigenvalue weighted by molar-refractivity contribution is 4.81. The molecular formula is C12H24. The summed E-state index contributed by atoms with van der Waals surface area (Å²) in [6.45, 7) is 11.9. The Labute approximate surface area is 77.7 Å². The molecular weight excluding hydrogens is 144 g/mol. The Kier molecular flexibility index (Phi) is 2.85. The van der Waals surface area contributed by atoms with Crippen LogP contribution in [0.15, 0.2) is 0 Å². The smallest absolute Gasteiger partial charge is 0.0357 e. The summed E-state index contributed by atoms with van der Waals surface area (Å²) in [5, 5.41) is 0. The third-order valence-corrected chi connectivity index (χ3v) is 3.93.